The standard InChI is InChI=1S/C47H34N2O6/c1-5-31-9-7-11-37(25-31)48-45(52)43-27-41(19-13-33(43)29-50)54-39-21-15-35(16-22-39)47(3,4)36-17-23-40(24-18-36)55-42-20-14-34(30-51)44(28-42)46(53)49-38-12-8-10-32(6-2)26-38/h1-2,7-30H,3-4H3,(H,48,52)(H,49,53). The van der Waals surface area contributed by atoms with Crippen LogP contribution >= 0.6 is 0 Å². The number of aldehydes is 2. The summed E-state index contributed by atoms with van der Waals surface area (Å²) < 4.78 is 12.2. The molecule has 0 aliphatic heterocycles. The Hall–Kier alpha value is -7.68. The number of anilines is 2. The normalized spacial score (nSPS) is 10.6. The fraction of sp³-hybridized carbons (Fsp3) is 0.0638. The average Bonchev–Trinajstić information content (AvgIpc) is 3.21. The summed E-state index contributed by atoms with van der Waals surface area (Å²) in [5, 5.41) is 5.57. The van der Waals surface area contributed by atoms with Gasteiger partial charge in [-0.3, -0.25) is 19.2 Å². The smallest absolute Gasteiger partial charge is 0.256 e. The number of amides is 2. The van der Waals surface area contributed by atoms with Crippen LogP contribution in [0.1, 0.15) is 77.5 Å². The van der Waals surface area contributed by atoms with Gasteiger partial charge in [-0.15, -0.1) is 12.8 Å². The average molecular weight is 723 g/mol. The fourth-order valence-electron chi connectivity index (χ4n) is 5.89. The lowest BCUT2D eigenvalue weighted by molar-refractivity contribution is 0.101. The van der Waals surface area contributed by atoms with Gasteiger partial charge in [0.05, 0.1) is 11.1 Å². The molecule has 6 aromatic rings. The van der Waals surface area contributed by atoms with Crippen LogP contribution in [-0.4, -0.2) is 24.4 Å². The number of terminal acetylenes is 2. The first-order valence-corrected chi connectivity index (χ1v) is 17.1. The van der Waals surface area contributed by atoms with E-state index in [0.717, 1.165) is 11.1 Å². The van der Waals surface area contributed by atoms with Crippen molar-refractivity contribution in [3.8, 4) is 47.7 Å². The molecule has 0 radical (unpaired) electrons. The summed E-state index contributed by atoms with van der Waals surface area (Å²) >= 11 is 0. The third kappa shape index (κ3) is 8.69. The second-order valence-electron chi connectivity index (χ2n) is 13.0. The van der Waals surface area contributed by atoms with Crippen molar-refractivity contribution in [2.45, 2.75) is 19.3 Å². The lowest BCUT2D eigenvalue weighted by Gasteiger charge is -2.26. The Kier molecular flexibility index (Phi) is 11.0. The van der Waals surface area contributed by atoms with Crippen molar-refractivity contribution >= 4 is 35.8 Å². The number of carbonyl (C=O) groups is 4. The number of ether oxygens (including phenoxy) is 2. The molecule has 2 N–H and O–H groups in total. The summed E-state index contributed by atoms with van der Waals surface area (Å²) in [5.74, 6) is 5.99. The Morgan fingerprint density at radius 2 is 0.927 bits per heavy atom. The molecule has 55 heavy (non-hydrogen) atoms. The molecule has 0 aliphatic carbocycles. The summed E-state index contributed by atoms with van der Waals surface area (Å²) in [6.45, 7) is 4.20. The Balaban J connectivity index is 1.12. The molecule has 0 unspecified atom stereocenters. The van der Waals surface area contributed by atoms with Crippen LogP contribution in [0.25, 0.3) is 0 Å². The fourth-order valence-corrected chi connectivity index (χ4v) is 5.89. The summed E-state index contributed by atoms with van der Waals surface area (Å²) in [4.78, 5) is 49.7. The highest BCUT2D eigenvalue weighted by Gasteiger charge is 2.24. The van der Waals surface area contributed by atoms with Gasteiger partial charge < -0.3 is 20.1 Å². The van der Waals surface area contributed by atoms with Gasteiger partial charge in [0.1, 0.15) is 23.0 Å². The number of hydrogen-bond acceptors (Lipinski definition) is 6. The first-order valence-electron chi connectivity index (χ1n) is 17.1. The van der Waals surface area contributed by atoms with Crippen LogP contribution in [0.5, 0.6) is 23.0 Å². The summed E-state index contributed by atoms with van der Waals surface area (Å²) in [5.41, 5.74) is 4.65. The highest BCUT2D eigenvalue weighted by molar-refractivity contribution is 6.10. The number of rotatable bonds is 12. The third-order valence-corrected chi connectivity index (χ3v) is 8.99. The molecule has 268 valence electrons. The van der Waals surface area contributed by atoms with Gasteiger partial charge in [0.25, 0.3) is 11.8 Å². The molecular weight excluding hydrogens is 689 g/mol. The monoisotopic (exact) mass is 722 g/mol. The first kappa shape index (κ1) is 37.1. The number of nitrogens with one attached hydrogen (secondary N) is 2. The van der Waals surface area contributed by atoms with Crippen molar-refractivity contribution < 1.29 is 28.7 Å². The van der Waals surface area contributed by atoms with E-state index >= 15 is 0 Å². The first-order chi connectivity index (χ1) is 26.6. The van der Waals surface area contributed by atoms with Crippen molar-refractivity contribution in [2.75, 3.05) is 10.6 Å². The molecule has 0 aromatic heterocycles. The van der Waals surface area contributed by atoms with E-state index in [-0.39, 0.29) is 22.3 Å². The lowest BCUT2D eigenvalue weighted by Crippen LogP contribution is -2.18. The highest BCUT2D eigenvalue weighted by atomic mass is 16.5. The van der Waals surface area contributed by atoms with Crippen molar-refractivity contribution in [3.05, 3.63) is 178 Å². The maximum absolute atomic E-state index is 13.1. The quantitative estimate of drug-likeness (QED) is 0.0962. The Bertz CT molecular complexity index is 2330. The Morgan fingerprint density at radius 3 is 1.29 bits per heavy atom. The van der Waals surface area contributed by atoms with E-state index < -0.39 is 17.2 Å². The molecule has 6 rings (SSSR count). The van der Waals surface area contributed by atoms with E-state index in [1.54, 1.807) is 60.7 Å². The zero-order chi connectivity index (χ0) is 39.0. The molecule has 0 aliphatic rings. The van der Waals surface area contributed by atoms with Gasteiger partial charge in [-0.2, -0.15) is 0 Å². The second kappa shape index (κ2) is 16.3. The van der Waals surface area contributed by atoms with Gasteiger partial charge in [-0.1, -0.05) is 62.1 Å². The maximum atomic E-state index is 13.1. The minimum absolute atomic E-state index is 0.162. The molecule has 0 atom stereocenters. The minimum Gasteiger partial charge on any atom is -0.457 e. The van der Waals surface area contributed by atoms with Gasteiger partial charge >= 0.3 is 0 Å². The SMILES string of the molecule is C#Cc1cccc(NC(=O)c2cc(Oc3ccc(C(C)(C)c4ccc(Oc5ccc(C=O)c(C(=O)Nc6cccc(C#C)c6)c5)cc4)cc3)ccc2C=O)c1. The molecule has 8 heteroatoms. The van der Waals surface area contributed by atoms with Crippen molar-refractivity contribution in [1.82, 2.24) is 0 Å². The molecule has 0 saturated heterocycles. The number of carbonyl (C=O) groups excluding carboxylic acids is 4. The van der Waals surface area contributed by atoms with Crippen molar-refractivity contribution in [3.63, 3.8) is 0 Å². The molecule has 0 bridgehead atoms. The Morgan fingerprint density at radius 1 is 0.545 bits per heavy atom. The zero-order valence-electron chi connectivity index (χ0n) is 30.0. The lowest BCUT2D eigenvalue weighted by atomic mass is 9.78. The van der Waals surface area contributed by atoms with Gasteiger partial charge in [-0.25, -0.2) is 0 Å². The molecule has 6 aromatic carbocycles. The van der Waals surface area contributed by atoms with Crippen LogP contribution in [0.3, 0.4) is 0 Å². The predicted octanol–water partition coefficient (Wildman–Crippen LogP) is 9.69. The van der Waals surface area contributed by atoms with Crippen molar-refractivity contribution in [2.24, 2.45) is 0 Å². The molecule has 8 nitrogen and oxygen atoms in total. The van der Waals surface area contributed by atoms with Crippen LogP contribution in [0.2, 0.25) is 0 Å². The van der Waals surface area contributed by atoms with Crippen LogP contribution in [0.15, 0.2) is 133 Å². The van der Waals surface area contributed by atoms with Gasteiger partial charge in [-0.05, 0) is 108 Å². The topological polar surface area (TPSA) is 111 Å². The highest BCUT2D eigenvalue weighted by Crippen LogP contribution is 2.35. The summed E-state index contributed by atoms with van der Waals surface area (Å²) in [7, 11) is 0. The van der Waals surface area contributed by atoms with Crippen molar-refractivity contribution in [1.29, 1.82) is 0 Å². The molecular formula is C47H34N2O6. The van der Waals surface area contributed by atoms with Crippen LogP contribution in [0.4, 0.5) is 11.4 Å². The van der Waals surface area contributed by atoms with E-state index in [0.29, 0.717) is 58.1 Å². The van der Waals surface area contributed by atoms with E-state index in [1.165, 1.54) is 24.3 Å². The van der Waals surface area contributed by atoms with E-state index in [1.807, 2.05) is 48.5 Å². The minimum atomic E-state index is -0.470. The molecule has 2 amide bonds. The van der Waals surface area contributed by atoms with E-state index in [4.69, 9.17) is 22.3 Å². The van der Waals surface area contributed by atoms with E-state index in [2.05, 4.69) is 36.3 Å². The van der Waals surface area contributed by atoms with Gasteiger partial charge in [0, 0.05) is 39.0 Å². The van der Waals surface area contributed by atoms with Gasteiger partial charge in [0.15, 0.2) is 12.6 Å². The predicted molar refractivity (Wildman–Crippen MR) is 213 cm³/mol. The Labute approximate surface area is 319 Å². The zero-order valence-corrected chi connectivity index (χ0v) is 30.0. The van der Waals surface area contributed by atoms with Gasteiger partial charge in [0.2, 0.25) is 0 Å². The molecule has 0 fully saturated rings. The summed E-state index contributed by atoms with van der Waals surface area (Å²) in [6, 6.07) is 38.4. The maximum Gasteiger partial charge on any atom is 0.256 e. The third-order valence-electron chi connectivity index (χ3n) is 8.99. The molecule has 0 heterocycles. The molecule has 0 spiro atoms. The second-order valence-corrected chi connectivity index (χ2v) is 13.0. The summed E-state index contributed by atoms with van der Waals surface area (Å²) in [6.07, 6.45) is 12.2. The number of benzene rings is 6. The van der Waals surface area contributed by atoms with Crippen LogP contribution < -0.4 is 20.1 Å². The molecule has 0 saturated carbocycles. The van der Waals surface area contributed by atoms with E-state index in [9.17, 15) is 19.2 Å². The number of hydrogen-bond donors (Lipinski definition) is 2. The van der Waals surface area contributed by atoms with Crippen LogP contribution in [0, 0.1) is 24.7 Å². The largest absolute Gasteiger partial charge is 0.457 e. The van der Waals surface area contributed by atoms with Crippen LogP contribution in [-0.2, 0) is 5.41 Å².